The maximum absolute atomic E-state index is 13.1. The molecule has 0 unspecified atom stereocenters. The van der Waals surface area contributed by atoms with E-state index in [1.54, 1.807) is 11.5 Å². The summed E-state index contributed by atoms with van der Waals surface area (Å²) >= 11 is 0. The summed E-state index contributed by atoms with van der Waals surface area (Å²) in [6.45, 7) is 2.25. The summed E-state index contributed by atoms with van der Waals surface area (Å²) < 4.78 is 1.72. The molecule has 0 spiro atoms. The van der Waals surface area contributed by atoms with Crippen molar-refractivity contribution in [1.29, 1.82) is 0 Å². The number of hydrogen-bond donors (Lipinski definition) is 1. The number of aromatic nitrogens is 2. The zero-order chi connectivity index (χ0) is 18.1. The second-order valence-corrected chi connectivity index (χ2v) is 7.14. The van der Waals surface area contributed by atoms with E-state index in [2.05, 4.69) is 6.07 Å². The molecule has 5 heteroatoms. The van der Waals surface area contributed by atoms with Crippen molar-refractivity contribution in [2.75, 3.05) is 0 Å². The highest BCUT2D eigenvalue weighted by atomic mass is 16.3. The van der Waals surface area contributed by atoms with Crippen molar-refractivity contribution in [2.45, 2.75) is 38.3 Å². The summed E-state index contributed by atoms with van der Waals surface area (Å²) in [7, 11) is 0. The van der Waals surface area contributed by atoms with Gasteiger partial charge in [-0.25, -0.2) is 4.98 Å². The third-order valence-corrected chi connectivity index (χ3v) is 5.79. The highest BCUT2D eigenvalue weighted by Gasteiger charge is 2.43. The maximum Gasteiger partial charge on any atom is 0.254 e. The topological polar surface area (TPSA) is 72.2 Å². The Labute approximate surface area is 149 Å². The average Bonchev–Trinajstić information content (AvgIpc) is 3.01. The Kier molecular flexibility index (Phi) is 3.04. The molecular weight excluding hydrogens is 328 g/mol. The van der Waals surface area contributed by atoms with Gasteiger partial charge < -0.3 is 9.67 Å². The number of hydrogen-bond acceptors (Lipinski definition) is 4. The summed E-state index contributed by atoms with van der Waals surface area (Å²) in [5.41, 5.74) is 2.67. The van der Waals surface area contributed by atoms with Gasteiger partial charge in [-0.3, -0.25) is 9.59 Å². The number of pyridine rings is 2. The zero-order valence-electron chi connectivity index (χ0n) is 14.5. The van der Waals surface area contributed by atoms with Gasteiger partial charge in [0.1, 0.15) is 5.60 Å². The fourth-order valence-electron chi connectivity index (χ4n) is 4.31. The average molecular weight is 346 g/mol. The lowest BCUT2D eigenvalue weighted by Gasteiger charge is -2.32. The number of fused-ring (bicyclic) bond motifs is 5. The van der Waals surface area contributed by atoms with E-state index in [1.807, 2.05) is 30.3 Å². The van der Waals surface area contributed by atoms with Crippen LogP contribution in [0.15, 0.2) is 41.2 Å². The summed E-state index contributed by atoms with van der Waals surface area (Å²) in [5.74, 6) is -0.207. The predicted octanol–water partition coefficient (Wildman–Crippen LogP) is 2.54. The normalized spacial score (nSPS) is 20.8. The van der Waals surface area contributed by atoms with Gasteiger partial charge in [0.05, 0.1) is 23.4 Å². The molecule has 0 fully saturated rings. The number of carbonyl (C=O) groups is 1. The molecule has 1 aliphatic heterocycles. The van der Waals surface area contributed by atoms with E-state index in [-0.39, 0.29) is 24.2 Å². The Morgan fingerprint density at radius 1 is 1.19 bits per heavy atom. The van der Waals surface area contributed by atoms with Crippen molar-refractivity contribution in [3.05, 3.63) is 63.4 Å². The molecule has 0 bridgehead atoms. The van der Waals surface area contributed by atoms with Crippen molar-refractivity contribution in [3.63, 3.8) is 0 Å². The lowest BCUT2D eigenvalue weighted by Crippen LogP contribution is -2.43. The van der Waals surface area contributed by atoms with Crippen LogP contribution in [0.3, 0.4) is 0 Å². The number of aliphatic hydroxyl groups is 1. The van der Waals surface area contributed by atoms with Gasteiger partial charge in [-0.2, -0.15) is 0 Å². The van der Waals surface area contributed by atoms with Gasteiger partial charge in [-0.05, 0) is 31.0 Å². The third kappa shape index (κ3) is 1.86. The van der Waals surface area contributed by atoms with E-state index >= 15 is 0 Å². The number of ketones is 1. The molecule has 130 valence electrons. The fourth-order valence-corrected chi connectivity index (χ4v) is 4.31. The SMILES string of the molecule is CC[C@@]1(O)C(=O)CCc2c1cc1n(c2=O)Cc2cc3ccccc3nc2-1. The minimum Gasteiger partial charge on any atom is -0.377 e. The first-order chi connectivity index (χ1) is 12.5. The van der Waals surface area contributed by atoms with Gasteiger partial charge in [0.15, 0.2) is 5.78 Å². The summed E-state index contributed by atoms with van der Waals surface area (Å²) in [4.78, 5) is 30.2. The van der Waals surface area contributed by atoms with Crippen LogP contribution in [0.25, 0.3) is 22.3 Å². The van der Waals surface area contributed by atoms with Crippen LogP contribution in [0.4, 0.5) is 0 Å². The van der Waals surface area contributed by atoms with Crippen molar-refractivity contribution in [3.8, 4) is 11.4 Å². The van der Waals surface area contributed by atoms with Crippen LogP contribution in [-0.2, 0) is 23.4 Å². The minimum absolute atomic E-state index is 0.112. The van der Waals surface area contributed by atoms with Gasteiger partial charge in [-0.15, -0.1) is 0 Å². The second-order valence-electron chi connectivity index (χ2n) is 7.14. The number of benzene rings is 1. The lowest BCUT2D eigenvalue weighted by molar-refractivity contribution is -0.140. The molecule has 2 aromatic heterocycles. The van der Waals surface area contributed by atoms with Crippen molar-refractivity contribution in [1.82, 2.24) is 9.55 Å². The summed E-state index contributed by atoms with van der Waals surface area (Å²) in [6.07, 6.45) is 0.863. The molecule has 3 heterocycles. The zero-order valence-corrected chi connectivity index (χ0v) is 14.5. The summed E-state index contributed by atoms with van der Waals surface area (Å²) in [6, 6.07) is 11.7. The molecule has 0 saturated carbocycles. The van der Waals surface area contributed by atoms with E-state index in [0.29, 0.717) is 29.8 Å². The Morgan fingerprint density at radius 2 is 2.00 bits per heavy atom. The molecule has 3 aromatic rings. The highest BCUT2D eigenvalue weighted by molar-refractivity contribution is 5.91. The molecule has 0 saturated heterocycles. The van der Waals surface area contributed by atoms with Gasteiger partial charge in [0.2, 0.25) is 0 Å². The van der Waals surface area contributed by atoms with Gasteiger partial charge in [-0.1, -0.05) is 25.1 Å². The van der Waals surface area contributed by atoms with E-state index in [4.69, 9.17) is 4.98 Å². The van der Waals surface area contributed by atoms with Crippen LogP contribution >= 0.6 is 0 Å². The molecule has 5 rings (SSSR count). The number of para-hydroxylation sites is 1. The first-order valence-corrected chi connectivity index (χ1v) is 8.95. The van der Waals surface area contributed by atoms with Crippen molar-refractivity contribution in [2.24, 2.45) is 0 Å². The quantitative estimate of drug-likeness (QED) is 0.575. The predicted molar refractivity (Wildman–Crippen MR) is 98.1 cm³/mol. The standard InChI is InChI=1S/C21H18N2O3/c1-2-21(26)15-10-17-19-13(9-12-5-3-4-6-16(12)22-19)11-23(17)20(25)14(15)7-8-18(21)24/h3-6,9-10,26H,2,7-8,11H2,1H3/t21-/m0/s1. The molecule has 26 heavy (non-hydrogen) atoms. The fraction of sp³-hybridized carbons (Fsp3) is 0.286. The van der Waals surface area contributed by atoms with Crippen LogP contribution in [0.1, 0.15) is 36.5 Å². The smallest absolute Gasteiger partial charge is 0.254 e. The molecule has 1 aliphatic carbocycles. The third-order valence-electron chi connectivity index (χ3n) is 5.79. The number of rotatable bonds is 1. The first kappa shape index (κ1) is 15.5. The minimum atomic E-state index is -1.57. The summed E-state index contributed by atoms with van der Waals surface area (Å²) in [5, 5.41) is 12.0. The molecule has 2 aliphatic rings. The Bertz CT molecular complexity index is 1160. The monoisotopic (exact) mass is 346 g/mol. The van der Waals surface area contributed by atoms with Crippen molar-refractivity contribution >= 4 is 16.7 Å². The van der Waals surface area contributed by atoms with Crippen LogP contribution in [0, 0.1) is 0 Å². The molecule has 1 atom stereocenters. The molecule has 0 amide bonds. The highest BCUT2D eigenvalue weighted by Crippen LogP contribution is 2.39. The van der Waals surface area contributed by atoms with Crippen LogP contribution in [0.2, 0.25) is 0 Å². The van der Waals surface area contributed by atoms with Crippen LogP contribution in [0.5, 0.6) is 0 Å². The Morgan fingerprint density at radius 3 is 2.81 bits per heavy atom. The number of Topliss-reactive ketones (excluding diaryl/α,β-unsaturated/α-hetero) is 1. The van der Waals surface area contributed by atoms with E-state index in [9.17, 15) is 14.7 Å². The van der Waals surface area contributed by atoms with Gasteiger partial charge >= 0.3 is 0 Å². The van der Waals surface area contributed by atoms with E-state index in [1.165, 1.54) is 0 Å². The largest absolute Gasteiger partial charge is 0.377 e. The number of nitrogens with zero attached hydrogens (tertiary/aromatic N) is 2. The number of carbonyl (C=O) groups excluding carboxylic acids is 1. The molecule has 0 radical (unpaired) electrons. The van der Waals surface area contributed by atoms with Gasteiger partial charge in [0, 0.05) is 28.5 Å². The van der Waals surface area contributed by atoms with Crippen LogP contribution in [-0.4, -0.2) is 20.4 Å². The first-order valence-electron chi connectivity index (χ1n) is 8.95. The second kappa shape index (κ2) is 5.11. The molecular formula is C21H18N2O3. The molecule has 1 N–H and O–H groups in total. The van der Waals surface area contributed by atoms with Gasteiger partial charge in [0.25, 0.3) is 5.56 Å². The van der Waals surface area contributed by atoms with E-state index < -0.39 is 5.60 Å². The maximum atomic E-state index is 13.1. The molecule has 5 nitrogen and oxygen atoms in total. The lowest BCUT2D eigenvalue weighted by atomic mass is 9.77. The van der Waals surface area contributed by atoms with Crippen LogP contribution < -0.4 is 5.56 Å². The molecule has 1 aromatic carbocycles. The Balaban J connectivity index is 1.81. The Hall–Kier alpha value is -2.79. The van der Waals surface area contributed by atoms with E-state index in [0.717, 1.165) is 22.2 Å². The van der Waals surface area contributed by atoms with Crippen molar-refractivity contribution < 1.29 is 9.90 Å².